The van der Waals surface area contributed by atoms with Crippen LogP contribution in [0, 0.1) is 0 Å². The summed E-state index contributed by atoms with van der Waals surface area (Å²) >= 11 is 0. The molecule has 0 heterocycles. The molecule has 0 spiro atoms. The Morgan fingerprint density at radius 1 is 1.36 bits per heavy atom. The molecule has 68 valence electrons. The van der Waals surface area contributed by atoms with Crippen molar-refractivity contribution in [1.82, 2.24) is 0 Å². The highest BCUT2D eigenvalue weighted by molar-refractivity contribution is 8.13. The lowest BCUT2D eigenvalue weighted by atomic mass is 10.0. The maximum absolute atomic E-state index is 13.3. The second-order valence-electron chi connectivity index (χ2n) is 2.54. The normalized spacial score (nSPS) is 13.5. The SMILES string of the molecule is CCC(F)(CC)CS(=O)(=O)Cl. The van der Waals surface area contributed by atoms with Crippen LogP contribution in [0.5, 0.6) is 0 Å². The molecular weight excluding hydrogens is 191 g/mol. The smallest absolute Gasteiger partial charge is 0.235 e. The van der Waals surface area contributed by atoms with Gasteiger partial charge in [-0.3, -0.25) is 0 Å². The summed E-state index contributed by atoms with van der Waals surface area (Å²) in [6, 6.07) is 0. The summed E-state index contributed by atoms with van der Waals surface area (Å²) in [6.45, 7) is 3.21. The summed E-state index contributed by atoms with van der Waals surface area (Å²) in [5, 5.41) is 0. The summed E-state index contributed by atoms with van der Waals surface area (Å²) in [5.74, 6) is -0.589. The molecule has 2 nitrogen and oxygen atoms in total. The Morgan fingerprint density at radius 2 is 1.73 bits per heavy atom. The highest BCUT2D eigenvalue weighted by Crippen LogP contribution is 2.23. The minimum atomic E-state index is -3.71. The Kier molecular flexibility index (Phi) is 3.77. The monoisotopic (exact) mass is 202 g/mol. The predicted molar refractivity (Wildman–Crippen MR) is 44.1 cm³/mol. The first-order valence-electron chi connectivity index (χ1n) is 3.44. The number of rotatable bonds is 4. The largest absolute Gasteiger partial charge is 0.243 e. The number of hydrogen-bond donors (Lipinski definition) is 0. The van der Waals surface area contributed by atoms with Gasteiger partial charge in [-0.15, -0.1) is 0 Å². The fourth-order valence-electron chi connectivity index (χ4n) is 0.763. The zero-order chi connectivity index (χ0) is 9.12. The first-order chi connectivity index (χ1) is 4.83. The second kappa shape index (κ2) is 3.72. The van der Waals surface area contributed by atoms with E-state index in [2.05, 4.69) is 0 Å². The maximum atomic E-state index is 13.3. The van der Waals surface area contributed by atoms with Crippen LogP contribution >= 0.6 is 10.7 Å². The molecule has 0 saturated heterocycles. The lowest BCUT2D eigenvalue weighted by molar-refractivity contribution is 0.181. The number of hydrogen-bond acceptors (Lipinski definition) is 2. The first kappa shape index (κ1) is 11.2. The zero-order valence-electron chi connectivity index (χ0n) is 6.60. The molecule has 0 fully saturated rings. The molecule has 0 bridgehead atoms. The molecular formula is C6H12ClFO2S. The van der Waals surface area contributed by atoms with E-state index >= 15 is 0 Å². The molecule has 0 amide bonds. The van der Waals surface area contributed by atoms with Gasteiger partial charge in [0.05, 0.1) is 5.75 Å². The van der Waals surface area contributed by atoms with Gasteiger partial charge < -0.3 is 0 Å². The van der Waals surface area contributed by atoms with Crippen LogP contribution in [0.15, 0.2) is 0 Å². The maximum Gasteiger partial charge on any atom is 0.235 e. The van der Waals surface area contributed by atoms with E-state index in [9.17, 15) is 12.8 Å². The Morgan fingerprint density at radius 3 is 1.82 bits per heavy atom. The molecule has 0 aromatic heterocycles. The van der Waals surface area contributed by atoms with E-state index in [0.717, 1.165) is 0 Å². The minimum Gasteiger partial charge on any atom is -0.243 e. The average Bonchev–Trinajstić information content (AvgIpc) is 1.84. The van der Waals surface area contributed by atoms with Crippen LogP contribution in [-0.2, 0) is 9.05 Å². The van der Waals surface area contributed by atoms with Crippen molar-refractivity contribution in [3.8, 4) is 0 Å². The summed E-state index contributed by atoms with van der Waals surface area (Å²) in [6.07, 6.45) is 0.352. The fraction of sp³-hybridized carbons (Fsp3) is 1.00. The van der Waals surface area contributed by atoms with Crippen LogP contribution < -0.4 is 0 Å². The molecule has 5 heteroatoms. The fourth-order valence-corrected chi connectivity index (χ4v) is 2.38. The molecule has 0 aliphatic heterocycles. The topological polar surface area (TPSA) is 34.1 Å². The van der Waals surface area contributed by atoms with Gasteiger partial charge in [0.2, 0.25) is 9.05 Å². The summed E-state index contributed by atoms with van der Waals surface area (Å²) in [4.78, 5) is 0. The van der Waals surface area contributed by atoms with E-state index in [4.69, 9.17) is 10.7 Å². The van der Waals surface area contributed by atoms with Crippen LogP contribution in [0.25, 0.3) is 0 Å². The minimum absolute atomic E-state index is 0.176. The van der Waals surface area contributed by atoms with Crippen molar-refractivity contribution in [2.75, 3.05) is 5.75 Å². The van der Waals surface area contributed by atoms with Crippen molar-refractivity contribution in [2.45, 2.75) is 32.4 Å². The molecule has 0 aromatic carbocycles. The molecule has 0 aliphatic carbocycles. The van der Waals surface area contributed by atoms with Crippen molar-refractivity contribution in [2.24, 2.45) is 0 Å². The molecule has 0 aromatic rings. The van der Waals surface area contributed by atoms with Crippen LogP contribution in [0.1, 0.15) is 26.7 Å². The zero-order valence-corrected chi connectivity index (χ0v) is 8.17. The van der Waals surface area contributed by atoms with Crippen LogP contribution in [0.2, 0.25) is 0 Å². The van der Waals surface area contributed by atoms with Crippen LogP contribution in [0.3, 0.4) is 0 Å². The van der Waals surface area contributed by atoms with Crippen molar-refractivity contribution in [3.63, 3.8) is 0 Å². The Hall–Kier alpha value is 0.170. The van der Waals surface area contributed by atoms with Crippen molar-refractivity contribution >= 4 is 19.7 Å². The Bertz CT molecular complexity index is 209. The Labute approximate surface area is 71.2 Å². The summed E-state index contributed by atoms with van der Waals surface area (Å²) in [7, 11) is 1.20. The van der Waals surface area contributed by atoms with Gasteiger partial charge in [-0.2, -0.15) is 0 Å². The quantitative estimate of drug-likeness (QED) is 0.655. The first-order valence-corrected chi connectivity index (χ1v) is 5.92. The standard InChI is InChI=1S/C6H12ClFO2S/c1-3-6(8,4-2)5-11(7,9)10/h3-5H2,1-2H3. The van der Waals surface area contributed by atoms with Gasteiger partial charge in [0, 0.05) is 10.7 Å². The van der Waals surface area contributed by atoms with Gasteiger partial charge in [-0.05, 0) is 12.8 Å². The highest BCUT2D eigenvalue weighted by atomic mass is 35.7. The van der Waals surface area contributed by atoms with E-state index < -0.39 is 20.5 Å². The molecule has 0 rings (SSSR count). The lowest BCUT2D eigenvalue weighted by Gasteiger charge is -2.19. The van der Waals surface area contributed by atoms with Crippen LogP contribution in [-0.4, -0.2) is 19.8 Å². The van der Waals surface area contributed by atoms with Crippen LogP contribution in [0.4, 0.5) is 4.39 Å². The lowest BCUT2D eigenvalue weighted by Crippen LogP contribution is -2.28. The molecule has 0 saturated carbocycles. The predicted octanol–water partition coefficient (Wildman–Crippen LogP) is 2.08. The van der Waals surface area contributed by atoms with Gasteiger partial charge in [0.1, 0.15) is 5.67 Å². The molecule has 0 atom stereocenters. The molecule has 0 N–H and O–H groups in total. The third-order valence-electron chi connectivity index (χ3n) is 1.70. The van der Waals surface area contributed by atoms with Gasteiger partial charge in [0.25, 0.3) is 0 Å². The van der Waals surface area contributed by atoms with Gasteiger partial charge in [-0.25, -0.2) is 12.8 Å². The molecule has 11 heavy (non-hydrogen) atoms. The van der Waals surface area contributed by atoms with Crippen molar-refractivity contribution in [1.29, 1.82) is 0 Å². The highest BCUT2D eigenvalue weighted by Gasteiger charge is 2.30. The number of halogens is 2. The Balaban J connectivity index is 4.32. The molecule has 0 aliphatic rings. The van der Waals surface area contributed by atoms with E-state index in [-0.39, 0.29) is 12.8 Å². The van der Waals surface area contributed by atoms with E-state index in [1.54, 1.807) is 13.8 Å². The second-order valence-corrected chi connectivity index (χ2v) is 5.32. The number of alkyl halides is 1. The van der Waals surface area contributed by atoms with Gasteiger partial charge in [-0.1, -0.05) is 13.8 Å². The van der Waals surface area contributed by atoms with E-state index in [1.807, 2.05) is 0 Å². The van der Waals surface area contributed by atoms with E-state index in [1.165, 1.54) is 0 Å². The van der Waals surface area contributed by atoms with Crippen molar-refractivity contribution < 1.29 is 12.8 Å². The summed E-state index contributed by atoms with van der Waals surface area (Å²) < 4.78 is 34.3. The van der Waals surface area contributed by atoms with Gasteiger partial charge in [0.15, 0.2) is 0 Å². The van der Waals surface area contributed by atoms with Gasteiger partial charge >= 0.3 is 0 Å². The van der Waals surface area contributed by atoms with Crippen molar-refractivity contribution in [3.05, 3.63) is 0 Å². The summed E-state index contributed by atoms with van der Waals surface area (Å²) in [5.41, 5.74) is -1.65. The molecule has 0 radical (unpaired) electrons. The third kappa shape index (κ3) is 4.58. The van der Waals surface area contributed by atoms with E-state index in [0.29, 0.717) is 0 Å². The third-order valence-corrected chi connectivity index (χ3v) is 2.89. The molecule has 0 unspecified atom stereocenters. The average molecular weight is 203 g/mol.